The van der Waals surface area contributed by atoms with E-state index >= 15 is 0 Å². The smallest absolute Gasteiger partial charge is 0.263 e. The van der Waals surface area contributed by atoms with Crippen LogP contribution in [-0.2, 0) is 10.0 Å². The van der Waals surface area contributed by atoms with Crippen LogP contribution < -0.4 is 19.8 Å². The van der Waals surface area contributed by atoms with Gasteiger partial charge in [0.1, 0.15) is 22.7 Å². The summed E-state index contributed by atoms with van der Waals surface area (Å²) in [4.78, 5) is 17.0. The number of hydrogen-bond acceptors (Lipinski definition) is 8. The monoisotopic (exact) mass is 560 g/mol. The molecule has 0 atom stereocenters. The number of nitrogens with zero attached hydrogens (tertiary/aromatic N) is 3. The van der Waals surface area contributed by atoms with Crippen LogP contribution in [-0.4, -0.2) is 30.2 Å². The number of anilines is 1. The zero-order valence-electron chi connectivity index (χ0n) is 19.2. The Hall–Kier alpha value is -4.49. The molecule has 0 aliphatic heterocycles. The first kappa shape index (κ1) is 25.2. The minimum Gasteiger partial charge on any atom is -0.479 e. The van der Waals surface area contributed by atoms with Crippen molar-refractivity contribution in [3.8, 4) is 23.2 Å². The molecule has 194 valence electrons. The summed E-state index contributed by atoms with van der Waals surface area (Å²) in [5.74, 6) is -2.49. The first-order valence-electron chi connectivity index (χ1n) is 10.6. The van der Waals surface area contributed by atoms with Gasteiger partial charge in [-0.2, -0.15) is 4.98 Å². The SMILES string of the molecule is COc1nc(Oc2ccc(F)c(F)c2)c(Cl)cc1-n1c(=O)ccc2cc(S(=O)(=O)Nc3ccon3)ccc21. The number of ether oxygens (including phenoxy) is 2. The van der Waals surface area contributed by atoms with Crippen LogP contribution in [0.1, 0.15) is 0 Å². The van der Waals surface area contributed by atoms with Gasteiger partial charge in [-0.25, -0.2) is 17.2 Å². The van der Waals surface area contributed by atoms with Gasteiger partial charge in [0.25, 0.3) is 15.6 Å². The number of pyridine rings is 2. The molecule has 0 radical (unpaired) electrons. The van der Waals surface area contributed by atoms with Crippen LogP contribution in [0, 0.1) is 11.6 Å². The summed E-state index contributed by atoms with van der Waals surface area (Å²) in [6.45, 7) is 0. The summed E-state index contributed by atoms with van der Waals surface area (Å²) in [6, 6.07) is 12.4. The van der Waals surface area contributed by atoms with E-state index in [0.29, 0.717) is 10.9 Å². The fraction of sp³-hybridized carbons (Fsp3) is 0.0417. The predicted octanol–water partition coefficient (Wildman–Crippen LogP) is 4.91. The van der Waals surface area contributed by atoms with E-state index in [9.17, 15) is 22.0 Å². The Morgan fingerprint density at radius 2 is 1.82 bits per heavy atom. The zero-order chi connectivity index (χ0) is 27.0. The van der Waals surface area contributed by atoms with Crippen molar-refractivity contribution in [1.82, 2.24) is 14.7 Å². The van der Waals surface area contributed by atoms with Crippen LogP contribution in [0.4, 0.5) is 14.6 Å². The zero-order valence-corrected chi connectivity index (χ0v) is 20.8. The van der Waals surface area contributed by atoms with Crippen molar-refractivity contribution in [3.05, 3.63) is 93.9 Å². The number of sulfonamides is 1. The molecule has 0 amide bonds. The molecular formula is C24H15ClF2N4O6S. The maximum Gasteiger partial charge on any atom is 0.263 e. The number of rotatable bonds is 7. The predicted molar refractivity (Wildman–Crippen MR) is 133 cm³/mol. The lowest BCUT2D eigenvalue weighted by atomic mass is 10.2. The van der Waals surface area contributed by atoms with E-state index in [1.807, 2.05) is 0 Å². The van der Waals surface area contributed by atoms with Crippen molar-refractivity contribution in [1.29, 1.82) is 0 Å². The highest BCUT2D eigenvalue weighted by atomic mass is 35.5. The average molecular weight is 561 g/mol. The first-order valence-corrected chi connectivity index (χ1v) is 12.5. The number of benzene rings is 2. The maximum absolute atomic E-state index is 13.6. The van der Waals surface area contributed by atoms with E-state index < -0.39 is 27.2 Å². The van der Waals surface area contributed by atoms with Crippen LogP contribution in [0.25, 0.3) is 16.6 Å². The van der Waals surface area contributed by atoms with Gasteiger partial charge in [-0.05, 0) is 42.5 Å². The summed E-state index contributed by atoms with van der Waals surface area (Å²) in [6.07, 6.45) is 1.22. The number of hydrogen-bond donors (Lipinski definition) is 1. The Labute approximate surface area is 218 Å². The Bertz CT molecular complexity index is 1850. The third kappa shape index (κ3) is 4.76. The van der Waals surface area contributed by atoms with Crippen molar-refractivity contribution in [2.45, 2.75) is 4.90 Å². The molecule has 1 N–H and O–H groups in total. The molecule has 0 spiro atoms. The second kappa shape index (κ2) is 9.76. The second-order valence-electron chi connectivity index (χ2n) is 7.70. The minimum atomic E-state index is -4.01. The average Bonchev–Trinajstić information content (AvgIpc) is 3.39. The summed E-state index contributed by atoms with van der Waals surface area (Å²) in [5, 5.41) is 3.87. The van der Waals surface area contributed by atoms with E-state index in [4.69, 9.17) is 21.1 Å². The van der Waals surface area contributed by atoms with E-state index in [0.717, 1.165) is 12.1 Å². The number of methoxy groups -OCH3 is 1. The van der Waals surface area contributed by atoms with Crippen molar-refractivity contribution >= 4 is 38.3 Å². The molecule has 0 bridgehead atoms. The molecule has 38 heavy (non-hydrogen) atoms. The highest BCUT2D eigenvalue weighted by molar-refractivity contribution is 7.92. The van der Waals surface area contributed by atoms with Crippen LogP contribution in [0.2, 0.25) is 5.02 Å². The fourth-order valence-electron chi connectivity index (χ4n) is 3.58. The van der Waals surface area contributed by atoms with E-state index in [1.165, 1.54) is 66.5 Å². The van der Waals surface area contributed by atoms with Crippen LogP contribution >= 0.6 is 11.6 Å². The second-order valence-corrected chi connectivity index (χ2v) is 9.79. The van der Waals surface area contributed by atoms with Gasteiger partial charge in [-0.1, -0.05) is 16.8 Å². The van der Waals surface area contributed by atoms with Gasteiger partial charge >= 0.3 is 0 Å². The summed E-state index contributed by atoms with van der Waals surface area (Å²) >= 11 is 6.36. The van der Waals surface area contributed by atoms with E-state index in [2.05, 4.69) is 19.4 Å². The largest absolute Gasteiger partial charge is 0.479 e. The van der Waals surface area contributed by atoms with Crippen molar-refractivity contribution < 1.29 is 31.2 Å². The highest BCUT2D eigenvalue weighted by Crippen LogP contribution is 2.35. The van der Waals surface area contributed by atoms with Crippen LogP contribution in [0.5, 0.6) is 17.5 Å². The van der Waals surface area contributed by atoms with Crippen molar-refractivity contribution in [3.63, 3.8) is 0 Å². The Balaban J connectivity index is 1.58. The van der Waals surface area contributed by atoms with Crippen LogP contribution in [0.15, 0.2) is 81.1 Å². The molecule has 0 unspecified atom stereocenters. The van der Waals surface area contributed by atoms with Gasteiger partial charge < -0.3 is 14.0 Å². The fourth-order valence-corrected chi connectivity index (χ4v) is 4.79. The molecule has 3 heterocycles. The Morgan fingerprint density at radius 3 is 2.53 bits per heavy atom. The van der Waals surface area contributed by atoms with Gasteiger partial charge in [0, 0.05) is 23.6 Å². The highest BCUT2D eigenvalue weighted by Gasteiger charge is 2.20. The minimum absolute atomic E-state index is 0.00574. The number of nitrogens with one attached hydrogen (secondary N) is 1. The lowest BCUT2D eigenvalue weighted by Gasteiger charge is -2.16. The first-order chi connectivity index (χ1) is 18.2. The molecular weight excluding hydrogens is 546 g/mol. The third-order valence-corrected chi connectivity index (χ3v) is 6.91. The topological polar surface area (TPSA) is 126 Å². The Morgan fingerprint density at radius 1 is 1.00 bits per heavy atom. The molecule has 10 nitrogen and oxygen atoms in total. The molecule has 0 aliphatic carbocycles. The molecule has 0 aliphatic rings. The quantitative estimate of drug-likeness (QED) is 0.298. The van der Waals surface area contributed by atoms with Gasteiger partial charge in [0.15, 0.2) is 17.5 Å². The van der Waals surface area contributed by atoms with Gasteiger partial charge in [0.2, 0.25) is 11.8 Å². The number of aromatic nitrogens is 3. The molecule has 3 aromatic heterocycles. The van der Waals surface area contributed by atoms with Gasteiger partial charge in [0.05, 0.1) is 17.5 Å². The van der Waals surface area contributed by atoms with E-state index in [1.54, 1.807) is 0 Å². The van der Waals surface area contributed by atoms with Crippen molar-refractivity contribution in [2.75, 3.05) is 11.8 Å². The number of fused-ring (bicyclic) bond motifs is 1. The molecule has 0 saturated carbocycles. The lowest BCUT2D eigenvalue weighted by Crippen LogP contribution is -2.19. The lowest BCUT2D eigenvalue weighted by molar-refractivity contribution is 0.380. The van der Waals surface area contributed by atoms with Gasteiger partial charge in [-0.3, -0.25) is 14.1 Å². The summed E-state index contributed by atoms with van der Waals surface area (Å²) in [7, 11) is -2.70. The normalized spacial score (nSPS) is 11.5. The molecule has 5 aromatic rings. The molecule has 0 fully saturated rings. The Kier molecular flexibility index (Phi) is 6.46. The van der Waals surface area contributed by atoms with Gasteiger partial charge in [-0.15, -0.1) is 0 Å². The number of halogens is 3. The molecule has 2 aromatic carbocycles. The molecule has 5 rings (SSSR count). The van der Waals surface area contributed by atoms with Crippen molar-refractivity contribution in [2.24, 2.45) is 0 Å². The molecule has 0 saturated heterocycles. The summed E-state index contributed by atoms with van der Waals surface area (Å²) < 4.78 is 71.4. The molecule has 14 heteroatoms. The maximum atomic E-state index is 13.6. The standard InChI is InChI=1S/C24H15ClF2N4O6S/c1-35-24-20(12-16(25)23(28-24)37-14-3-5-17(26)18(27)11-14)31-19-6-4-15(10-13(19)2-7-22(31)32)38(33,34)30-21-8-9-36-29-21/h2-12H,1H3,(H,29,30). The van der Waals surface area contributed by atoms with E-state index in [-0.39, 0.29) is 38.9 Å². The summed E-state index contributed by atoms with van der Waals surface area (Å²) in [5.41, 5.74) is -0.0373. The third-order valence-electron chi connectivity index (χ3n) is 5.28. The van der Waals surface area contributed by atoms with Crippen LogP contribution in [0.3, 0.4) is 0 Å².